The first kappa shape index (κ1) is 14.8. The van der Waals surface area contributed by atoms with E-state index in [1.54, 1.807) is 0 Å². The lowest BCUT2D eigenvalue weighted by molar-refractivity contribution is -0.119. The Kier molecular flexibility index (Phi) is 5.63. The summed E-state index contributed by atoms with van der Waals surface area (Å²) in [4.78, 5) is 16.3. The van der Waals surface area contributed by atoms with Crippen molar-refractivity contribution in [2.45, 2.75) is 56.3 Å². The van der Waals surface area contributed by atoms with Crippen molar-refractivity contribution >= 4 is 29.2 Å². The van der Waals surface area contributed by atoms with Gasteiger partial charge in [0.05, 0.1) is 5.75 Å². The first-order chi connectivity index (χ1) is 9.19. The van der Waals surface area contributed by atoms with E-state index in [0.717, 1.165) is 23.0 Å². The largest absolute Gasteiger partial charge is 0.352 e. The SMILES string of the molecule is CCc1nsc(SCC(=O)N[C@@H]2CCCC[C@H]2C)n1. The van der Waals surface area contributed by atoms with Crippen molar-refractivity contribution in [1.29, 1.82) is 0 Å². The number of nitrogens with one attached hydrogen (secondary N) is 1. The first-order valence-electron chi connectivity index (χ1n) is 6.93. The molecule has 0 aromatic carbocycles. The molecule has 4 nitrogen and oxygen atoms in total. The maximum atomic E-state index is 11.9. The van der Waals surface area contributed by atoms with Crippen LogP contribution < -0.4 is 5.32 Å². The summed E-state index contributed by atoms with van der Waals surface area (Å²) < 4.78 is 5.11. The van der Waals surface area contributed by atoms with Gasteiger partial charge in [-0.25, -0.2) is 4.98 Å². The summed E-state index contributed by atoms with van der Waals surface area (Å²) in [6.45, 7) is 4.27. The Hall–Kier alpha value is -0.620. The van der Waals surface area contributed by atoms with E-state index < -0.39 is 0 Å². The van der Waals surface area contributed by atoms with Crippen LogP contribution >= 0.6 is 23.3 Å². The van der Waals surface area contributed by atoms with E-state index in [2.05, 4.69) is 21.6 Å². The average molecular weight is 299 g/mol. The van der Waals surface area contributed by atoms with Crippen LogP contribution in [0.1, 0.15) is 45.4 Å². The standard InChI is InChI=1S/C13H21N3OS2/c1-3-11-15-13(19-16-11)18-8-12(17)14-10-7-5-4-6-9(10)2/h9-10H,3-8H2,1-2H3,(H,14,17)/t9-,10-/m1/s1. The molecule has 1 N–H and O–H groups in total. The number of amides is 1. The maximum absolute atomic E-state index is 11.9. The number of hydrogen-bond donors (Lipinski definition) is 1. The van der Waals surface area contributed by atoms with E-state index in [0.29, 0.717) is 17.7 Å². The smallest absolute Gasteiger partial charge is 0.230 e. The van der Waals surface area contributed by atoms with Crippen LogP contribution in [-0.4, -0.2) is 27.1 Å². The fraction of sp³-hybridized carbons (Fsp3) is 0.769. The van der Waals surface area contributed by atoms with Gasteiger partial charge >= 0.3 is 0 Å². The van der Waals surface area contributed by atoms with E-state index in [-0.39, 0.29) is 5.91 Å². The molecular formula is C13H21N3OS2. The van der Waals surface area contributed by atoms with Gasteiger partial charge in [-0.15, -0.1) is 0 Å². The fourth-order valence-electron chi connectivity index (χ4n) is 2.35. The number of nitrogens with zero attached hydrogens (tertiary/aromatic N) is 2. The highest BCUT2D eigenvalue weighted by Crippen LogP contribution is 2.24. The molecule has 1 heterocycles. The van der Waals surface area contributed by atoms with Gasteiger partial charge in [-0.2, -0.15) is 4.37 Å². The van der Waals surface area contributed by atoms with Gasteiger partial charge in [0.1, 0.15) is 5.82 Å². The molecule has 0 spiro atoms. The molecule has 1 fully saturated rings. The lowest BCUT2D eigenvalue weighted by atomic mass is 9.86. The fourth-order valence-corrected chi connectivity index (χ4v) is 3.85. The molecule has 1 aliphatic rings. The zero-order chi connectivity index (χ0) is 13.7. The second-order valence-electron chi connectivity index (χ2n) is 5.05. The van der Waals surface area contributed by atoms with Gasteiger partial charge in [0.2, 0.25) is 5.91 Å². The van der Waals surface area contributed by atoms with Gasteiger partial charge in [0, 0.05) is 12.5 Å². The molecule has 0 aliphatic heterocycles. The molecule has 106 valence electrons. The Morgan fingerprint density at radius 2 is 2.26 bits per heavy atom. The summed E-state index contributed by atoms with van der Waals surface area (Å²) in [6, 6.07) is 0.363. The van der Waals surface area contributed by atoms with E-state index >= 15 is 0 Å². The molecule has 6 heteroatoms. The van der Waals surface area contributed by atoms with Gasteiger partial charge < -0.3 is 5.32 Å². The molecule has 0 saturated heterocycles. The van der Waals surface area contributed by atoms with E-state index in [9.17, 15) is 4.79 Å². The van der Waals surface area contributed by atoms with Crippen molar-refractivity contribution in [3.63, 3.8) is 0 Å². The minimum absolute atomic E-state index is 0.122. The number of rotatable bonds is 5. The minimum Gasteiger partial charge on any atom is -0.352 e. The van der Waals surface area contributed by atoms with Gasteiger partial charge in [-0.05, 0) is 30.3 Å². The van der Waals surface area contributed by atoms with Crippen LogP contribution in [0, 0.1) is 5.92 Å². The second kappa shape index (κ2) is 7.24. The number of carbonyl (C=O) groups is 1. The van der Waals surface area contributed by atoms with Gasteiger partial charge in [-0.3, -0.25) is 4.79 Å². The predicted octanol–water partition coefficient (Wildman–Crippen LogP) is 2.89. The van der Waals surface area contributed by atoms with Crippen molar-refractivity contribution in [3.05, 3.63) is 5.82 Å². The molecule has 1 aromatic rings. The normalized spacial score (nSPS) is 23.3. The molecular weight excluding hydrogens is 278 g/mol. The van der Waals surface area contributed by atoms with Crippen LogP contribution in [0.25, 0.3) is 0 Å². The summed E-state index contributed by atoms with van der Waals surface area (Å²) in [5.41, 5.74) is 0. The quantitative estimate of drug-likeness (QED) is 0.849. The van der Waals surface area contributed by atoms with Crippen LogP contribution in [0.5, 0.6) is 0 Å². The van der Waals surface area contributed by atoms with Crippen LogP contribution in [0.2, 0.25) is 0 Å². The topological polar surface area (TPSA) is 54.9 Å². The second-order valence-corrected chi connectivity index (χ2v) is 7.03. The molecule has 1 amide bonds. The molecule has 0 bridgehead atoms. The van der Waals surface area contributed by atoms with E-state index in [1.807, 2.05) is 6.92 Å². The summed E-state index contributed by atoms with van der Waals surface area (Å²) in [5.74, 6) is 2.04. The van der Waals surface area contributed by atoms with Crippen molar-refractivity contribution in [3.8, 4) is 0 Å². The highest BCUT2D eigenvalue weighted by Gasteiger charge is 2.22. The monoisotopic (exact) mass is 299 g/mol. The molecule has 1 aliphatic carbocycles. The summed E-state index contributed by atoms with van der Waals surface area (Å²) in [6.07, 6.45) is 5.74. The Morgan fingerprint density at radius 3 is 2.95 bits per heavy atom. The Labute approximate surface area is 122 Å². The third-order valence-electron chi connectivity index (χ3n) is 3.55. The number of aryl methyl sites for hydroxylation is 1. The van der Waals surface area contributed by atoms with Gasteiger partial charge in [0.15, 0.2) is 4.34 Å². The van der Waals surface area contributed by atoms with Crippen molar-refractivity contribution in [2.24, 2.45) is 5.92 Å². The molecule has 0 radical (unpaired) electrons. The Morgan fingerprint density at radius 1 is 1.47 bits per heavy atom. The summed E-state index contributed by atoms with van der Waals surface area (Å²) in [7, 11) is 0. The highest BCUT2D eigenvalue weighted by molar-refractivity contribution is 8.01. The number of aromatic nitrogens is 2. The van der Waals surface area contributed by atoms with Crippen LogP contribution in [0.15, 0.2) is 4.34 Å². The molecule has 19 heavy (non-hydrogen) atoms. The lowest BCUT2D eigenvalue weighted by Gasteiger charge is -2.29. The van der Waals surface area contributed by atoms with Gasteiger partial charge in [0.25, 0.3) is 0 Å². The van der Waals surface area contributed by atoms with Crippen molar-refractivity contribution < 1.29 is 4.79 Å². The number of thioether (sulfide) groups is 1. The van der Waals surface area contributed by atoms with E-state index in [4.69, 9.17) is 0 Å². The minimum atomic E-state index is 0.122. The van der Waals surface area contributed by atoms with Crippen LogP contribution in [-0.2, 0) is 11.2 Å². The number of carbonyl (C=O) groups excluding carboxylic acids is 1. The van der Waals surface area contributed by atoms with Crippen LogP contribution in [0.4, 0.5) is 0 Å². The molecule has 1 aromatic heterocycles. The lowest BCUT2D eigenvalue weighted by Crippen LogP contribution is -2.41. The van der Waals surface area contributed by atoms with Crippen LogP contribution in [0.3, 0.4) is 0 Å². The third-order valence-corrected chi connectivity index (χ3v) is 5.42. The zero-order valence-corrected chi connectivity index (χ0v) is 13.1. The molecule has 2 atom stereocenters. The average Bonchev–Trinajstić information content (AvgIpc) is 2.87. The highest BCUT2D eigenvalue weighted by atomic mass is 32.2. The van der Waals surface area contributed by atoms with Crippen molar-refractivity contribution in [2.75, 3.05) is 5.75 Å². The number of hydrogen-bond acceptors (Lipinski definition) is 5. The Bertz CT molecular complexity index is 422. The predicted molar refractivity (Wildman–Crippen MR) is 79.6 cm³/mol. The first-order valence-corrected chi connectivity index (χ1v) is 8.69. The maximum Gasteiger partial charge on any atom is 0.230 e. The van der Waals surface area contributed by atoms with E-state index in [1.165, 1.54) is 42.6 Å². The molecule has 1 saturated carbocycles. The summed E-state index contributed by atoms with van der Waals surface area (Å²) >= 11 is 2.87. The summed E-state index contributed by atoms with van der Waals surface area (Å²) in [5, 5.41) is 3.16. The Balaban J connectivity index is 1.74. The molecule has 2 rings (SSSR count). The third kappa shape index (κ3) is 4.45. The van der Waals surface area contributed by atoms with Crippen molar-refractivity contribution in [1.82, 2.24) is 14.7 Å². The zero-order valence-electron chi connectivity index (χ0n) is 11.5. The molecule has 0 unspecified atom stereocenters. The van der Waals surface area contributed by atoms with Gasteiger partial charge in [-0.1, -0.05) is 38.5 Å².